The van der Waals surface area contributed by atoms with Crippen LogP contribution < -0.4 is 15.9 Å². The molecule has 184 valence electrons. The SMILES string of the molecule is CCOP(=O)(C/N=C/C(C(=O)OC)=P(c1ccccc1)(c1ccccc1)c1ccccc1)OCC. The number of hydrogen-bond donors (Lipinski definition) is 0. The van der Waals surface area contributed by atoms with Gasteiger partial charge >= 0.3 is 13.6 Å². The highest BCUT2D eigenvalue weighted by atomic mass is 31.2. The van der Waals surface area contributed by atoms with E-state index in [1.807, 2.05) is 91.0 Å². The van der Waals surface area contributed by atoms with Crippen molar-refractivity contribution < 1.29 is 23.1 Å². The molecule has 8 heteroatoms. The van der Waals surface area contributed by atoms with Crippen molar-refractivity contribution in [2.75, 3.05) is 26.6 Å². The summed E-state index contributed by atoms with van der Waals surface area (Å²) in [5, 5.41) is 3.31. The Hall–Kier alpha value is -2.75. The highest BCUT2D eigenvalue weighted by Gasteiger charge is 2.33. The molecule has 0 atom stereocenters. The quantitative estimate of drug-likeness (QED) is 0.213. The van der Waals surface area contributed by atoms with E-state index in [1.165, 1.54) is 13.3 Å². The Morgan fingerprint density at radius 3 is 1.51 bits per heavy atom. The van der Waals surface area contributed by atoms with Gasteiger partial charge in [-0.05, 0) is 36.6 Å². The molecular weight excluding hydrogens is 480 g/mol. The Morgan fingerprint density at radius 2 is 1.17 bits per heavy atom. The number of hydrogen-bond acceptors (Lipinski definition) is 6. The molecule has 0 aliphatic carbocycles. The minimum atomic E-state index is -3.43. The van der Waals surface area contributed by atoms with Gasteiger partial charge in [-0.25, -0.2) is 4.79 Å². The number of esters is 1. The molecule has 0 saturated carbocycles. The number of ether oxygens (including phenoxy) is 1. The maximum atomic E-state index is 13.4. The lowest BCUT2D eigenvalue weighted by Crippen LogP contribution is -2.34. The first kappa shape index (κ1) is 26.8. The van der Waals surface area contributed by atoms with E-state index in [0.29, 0.717) is 5.29 Å². The lowest BCUT2D eigenvalue weighted by molar-refractivity contribution is -0.132. The first-order chi connectivity index (χ1) is 17.0. The topological polar surface area (TPSA) is 74.2 Å². The van der Waals surface area contributed by atoms with E-state index in [-0.39, 0.29) is 19.5 Å². The van der Waals surface area contributed by atoms with E-state index < -0.39 is 20.5 Å². The van der Waals surface area contributed by atoms with Gasteiger partial charge in [-0.15, -0.1) is 0 Å². The van der Waals surface area contributed by atoms with Crippen molar-refractivity contribution in [1.82, 2.24) is 0 Å². The van der Waals surface area contributed by atoms with Gasteiger partial charge in [0.05, 0.1) is 25.6 Å². The number of benzene rings is 3. The van der Waals surface area contributed by atoms with Crippen molar-refractivity contribution in [2.24, 2.45) is 4.99 Å². The van der Waals surface area contributed by atoms with Crippen LogP contribution >= 0.6 is 14.5 Å². The third-order valence-corrected chi connectivity index (χ3v) is 11.4. The van der Waals surface area contributed by atoms with Crippen LogP contribution in [0.15, 0.2) is 96.0 Å². The van der Waals surface area contributed by atoms with Crippen LogP contribution in [0.2, 0.25) is 0 Å². The highest BCUT2D eigenvalue weighted by Crippen LogP contribution is 2.49. The Labute approximate surface area is 207 Å². The van der Waals surface area contributed by atoms with Crippen LogP contribution in [-0.4, -0.2) is 44.1 Å². The number of nitrogens with zero attached hydrogens (tertiary/aromatic N) is 1. The second kappa shape index (κ2) is 12.8. The molecule has 0 spiro atoms. The maximum absolute atomic E-state index is 13.4. The van der Waals surface area contributed by atoms with Gasteiger partial charge in [-0.1, -0.05) is 91.0 Å². The number of rotatable bonds is 11. The van der Waals surface area contributed by atoms with Crippen molar-refractivity contribution in [1.29, 1.82) is 0 Å². The number of carbonyl (C=O) groups excluding carboxylic acids is 1. The smallest absolute Gasteiger partial charge is 0.351 e. The van der Waals surface area contributed by atoms with E-state index in [2.05, 4.69) is 4.99 Å². The summed E-state index contributed by atoms with van der Waals surface area (Å²) in [7, 11) is -2.08. The normalized spacial score (nSPS) is 12.0. The van der Waals surface area contributed by atoms with Crippen molar-refractivity contribution in [3.05, 3.63) is 91.0 Å². The fourth-order valence-electron chi connectivity index (χ4n) is 3.94. The number of methoxy groups -OCH3 is 1. The molecule has 0 heterocycles. The summed E-state index contributed by atoms with van der Waals surface area (Å²) in [4.78, 5) is 17.9. The predicted octanol–water partition coefficient (Wildman–Crippen LogP) is 4.62. The van der Waals surface area contributed by atoms with Gasteiger partial charge in [0.2, 0.25) is 0 Å². The second-order valence-electron chi connectivity index (χ2n) is 7.45. The zero-order valence-corrected chi connectivity index (χ0v) is 22.0. The molecule has 0 aromatic heterocycles. The van der Waals surface area contributed by atoms with E-state index in [0.717, 1.165) is 15.9 Å². The van der Waals surface area contributed by atoms with Crippen LogP contribution in [0.5, 0.6) is 0 Å². The zero-order valence-electron chi connectivity index (χ0n) is 20.2. The molecule has 0 radical (unpaired) electrons. The second-order valence-corrected chi connectivity index (χ2v) is 12.8. The first-order valence-corrected chi connectivity index (χ1v) is 14.9. The van der Waals surface area contributed by atoms with E-state index >= 15 is 0 Å². The standard InChI is InChI=1S/C27H31NO5P2/c1-4-32-34(30,33-5-2)22-28-21-26(27(29)31-3)35(23-15-9-6-10-16-23,24-17-11-7-12-18-24)25-19-13-8-14-20-25/h6-21H,4-5,22H2,1-3H3/b28-21+. The maximum Gasteiger partial charge on any atom is 0.351 e. The Morgan fingerprint density at radius 1 is 0.771 bits per heavy atom. The first-order valence-electron chi connectivity index (χ1n) is 11.4. The molecule has 3 aromatic carbocycles. The summed E-state index contributed by atoms with van der Waals surface area (Å²) in [6.45, 7) is 1.23. The Kier molecular flexibility index (Phi) is 9.83. The predicted molar refractivity (Wildman–Crippen MR) is 146 cm³/mol. The van der Waals surface area contributed by atoms with E-state index in [9.17, 15) is 9.36 Å². The molecule has 0 fully saturated rings. The van der Waals surface area contributed by atoms with Crippen LogP contribution in [0.3, 0.4) is 0 Å². The molecule has 0 bridgehead atoms. The van der Waals surface area contributed by atoms with Gasteiger partial charge in [-0.3, -0.25) is 9.56 Å². The highest BCUT2D eigenvalue weighted by molar-refractivity contribution is 7.97. The van der Waals surface area contributed by atoms with Crippen molar-refractivity contribution in [3.8, 4) is 0 Å². The van der Waals surface area contributed by atoms with Crippen molar-refractivity contribution in [2.45, 2.75) is 13.8 Å². The van der Waals surface area contributed by atoms with Gasteiger partial charge in [0.1, 0.15) is 6.29 Å². The summed E-state index contributed by atoms with van der Waals surface area (Å²) in [5.41, 5.74) is 0. The fourth-order valence-corrected chi connectivity index (χ4v) is 9.45. The largest absolute Gasteiger partial charge is 0.465 e. The van der Waals surface area contributed by atoms with Gasteiger partial charge < -0.3 is 13.8 Å². The Bertz CT molecular complexity index is 1110. The summed E-state index contributed by atoms with van der Waals surface area (Å²) < 4.78 is 29.1. The van der Waals surface area contributed by atoms with Crippen LogP contribution in [0, 0.1) is 0 Å². The Balaban J connectivity index is 2.40. The van der Waals surface area contributed by atoms with Crippen molar-refractivity contribution in [3.63, 3.8) is 0 Å². The minimum Gasteiger partial charge on any atom is -0.465 e. The van der Waals surface area contributed by atoms with Crippen molar-refractivity contribution >= 4 is 47.9 Å². The lowest BCUT2D eigenvalue weighted by Gasteiger charge is -2.30. The molecule has 0 aliphatic rings. The van der Waals surface area contributed by atoms with Crippen LogP contribution in [-0.2, 0) is 23.1 Å². The third-order valence-electron chi connectivity index (χ3n) is 5.31. The van der Waals surface area contributed by atoms with Gasteiger partial charge in [0, 0.05) is 6.21 Å². The minimum absolute atomic E-state index is 0.201. The average Bonchev–Trinajstić information content (AvgIpc) is 2.90. The summed E-state index contributed by atoms with van der Waals surface area (Å²) in [5.74, 6) is -0.499. The van der Waals surface area contributed by atoms with Crippen LogP contribution in [0.4, 0.5) is 0 Å². The van der Waals surface area contributed by atoms with Gasteiger partial charge in [0.15, 0.2) is 0 Å². The lowest BCUT2D eigenvalue weighted by atomic mass is 10.3. The number of aliphatic imine (C=N–C) groups is 1. The summed E-state index contributed by atoms with van der Waals surface area (Å²) in [6.07, 6.45) is 1.30. The van der Waals surface area contributed by atoms with Gasteiger partial charge in [-0.2, -0.15) is 0 Å². The summed E-state index contributed by atoms with van der Waals surface area (Å²) in [6, 6.07) is 29.7. The number of carbonyl (C=O) groups is 1. The molecule has 3 aromatic rings. The molecule has 6 nitrogen and oxygen atoms in total. The van der Waals surface area contributed by atoms with E-state index in [4.69, 9.17) is 13.8 Å². The molecule has 35 heavy (non-hydrogen) atoms. The zero-order chi connectivity index (χ0) is 25.2. The summed E-state index contributed by atoms with van der Waals surface area (Å²) >= 11 is 0. The molecule has 0 unspecified atom stereocenters. The molecule has 0 aliphatic heterocycles. The van der Waals surface area contributed by atoms with Crippen LogP contribution in [0.1, 0.15) is 13.8 Å². The average molecular weight is 511 g/mol. The van der Waals surface area contributed by atoms with Gasteiger partial charge in [0.25, 0.3) is 0 Å². The van der Waals surface area contributed by atoms with Crippen LogP contribution in [0.25, 0.3) is 0 Å². The molecule has 0 N–H and O–H groups in total. The van der Waals surface area contributed by atoms with E-state index in [1.54, 1.807) is 13.8 Å². The molecule has 0 amide bonds. The molecule has 0 saturated heterocycles. The molecular formula is C27H31NO5P2. The fraction of sp³-hybridized carbons (Fsp3) is 0.222. The third kappa shape index (κ3) is 6.09. The molecule has 3 rings (SSSR count). The monoisotopic (exact) mass is 511 g/mol.